The van der Waals surface area contributed by atoms with Gasteiger partial charge in [0, 0.05) is 22.6 Å². The van der Waals surface area contributed by atoms with Crippen molar-refractivity contribution >= 4 is 50.6 Å². The van der Waals surface area contributed by atoms with Crippen LogP contribution in [0.3, 0.4) is 0 Å². The smallest absolute Gasteiger partial charge is 0.224 e. The predicted molar refractivity (Wildman–Crippen MR) is 79.6 cm³/mol. The summed E-state index contributed by atoms with van der Waals surface area (Å²) in [7, 11) is 0. The molecule has 0 spiro atoms. The van der Waals surface area contributed by atoms with E-state index >= 15 is 0 Å². The normalized spacial score (nSPS) is 10.9. The van der Waals surface area contributed by atoms with Crippen LogP contribution in [0.2, 0.25) is 0 Å². The summed E-state index contributed by atoms with van der Waals surface area (Å²) in [6.07, 6.45) is 1.55. The maximum absolute atomic E-state index is 11.7. The standard InChI is InChI=1S/C12H15NOS3/c1-2-9-6-10-8(7-16-12(10)17-9)5-11(14)13-3-4-15/h6-7,15H,2-5H2,1H3,(H,13,14). The van der Waals surface area contributed by atoms with Gasteiger partial charge in [0.05, 0.1) is 10.4 Å². The molecule has 0 aliphatic rings. The number of amides is 1. The largest absolute Gasteiger partial charge is 0.355 e. The second-order valence-electron chi connectivity index (χ2n) is 3.78. The lowest BCUT2D eigenvalue weighted by atomic mass is 10.1. The number of hydrogen-bond acceptors (Lipinski definition) is 4. The van der Waals surface area contributed by atoms with E-state index in [0.717, 1.165) is 12.0 Å². The number of carbonyl (C=O) groups is 1. The fraction of sp³-hybridized carbons (Fsp3) is 0.417. The lowest BCUT2D eigenvalue weighted by Gasteiger charge is -2.01. The van der Waals surface area contributed by atoms with Crippen LogP contribution in [0.5, 0.6) is 0 Å². The summed E-state index contributed by atoms with van der Waals surface area (Å²) in [5, 5.41) is 6.21. The molecule has 2 nitrogen and oxygen atoms in total. The summed E-state index contributed by atoms with van der Waals surface area (Å²) < 4.78 is 1.33. The van der Waals surface area contributed by atoms with Crippen molar-refractivity contribution in [1.29, 1.82) is 0 Å². The van der Waals surface area contributed by atoms with Gasteiger partial charge in [0.2, 0.25) is 5.91 Å². The highest BCUT2D eigenvalue weighted by atomic mass is 32.2. The Morgan fingerprint density at radius 3 is 3.06 bits per heavy atom. The zero-order chi connectivity index (χ0) is 12.3. The van der Waals surface area contributed by atoms with Gasteiger partial charge in [0.25, 0.3) is 0 Å². The molecule has 1 amide bonds. The van der Waals surface area contributed by atoms with E-state index in [4.69, 9.17) is 0 Å². The van der Waals surface area contributed by atoms with E-state index in [1.165, 1.54) is 14.3 Å². The van der Waals surface area contributed by atoms with Crippen molar-refractivity contribution in [3.63, 3.8) is 0 Å². The minimum atomic E-state index is 0.0861. The second-order valence-corrected chi connectivity index (χ2v) is 6.50. The van der Waals surface area contributed by atoms with E-state index in [1.54, 1.807) is 11.3 Å². The Kier molecular flexibility index (Phi) is 4.48. The molecule has 2 rings (SSSR count). The summed E-state index contributed by atoms with van der Waals surface area (Å²) in [5.41, 5.74) is 1.15. The van der Waals surface area contributed by atoms with Crippen LogP contribution in [-0.4, -0.2) is 18.2 Å². The quantitative estimate of drug-likeness (QED) is 0.812. The molecule has 5 heteroatoms. The summed E-state index contributed by atoms with van der Waals surface area (Å²) in [6, 6.07) is 2.22. The molecule has 0 radical (unpaired) electrons. The Morgan fingerprint density at radius 2 is 2.35 bits per heavy atom. The van der Waals surface area contributed by atoms with E-state index in [-0.39, 0.29) is 5.91 Å². The zero-order valence-corrected chi connectivity index (χ0v) is 12.2. The summed E-state index contributed by atoms with van der Waals surface area (Å²) in [4.78, 5) is 13.0. The van der Waals surface area contributed by atoms with Gasteiger partial charge in [-0.25, -0.2) is 0 Å². The zero-order valence-electron chi connectivity index (χ0n) is 9.66. The van der Waals surface area contributed by atoms with Crippen molar-refractivity contribution in [3.8, 4) is 0 Å². The summed E-state index contributed by atoms with van der Waals surface area (Å²) >= 11 is 7.65. The van der Waals surface area contributed by atoms with Gasteiger partial charge >= 0.3 is 0 Å². The Bertz CT molecular complexity index is 515. The second kappa shape index (κ2) is 5.89. The van der Waals surface area contributed by atoms with Gasteiger partial charge < -0.3 is 5.32 Å². The Morgan fingerprint density at radius 1 is 1.53 bits per heavy atom. The predicted octanol–water partition coefficient (Wildman–Crippen LogP) is 3.11. The van der Waals surface area contributed by atoms with Crippen LogP contribution in [0.4, 0.5) is 0 Å². The number of hydrogen-bond donors (Lipinski definition) is 2. The lowest BCUT2D eigenvalue weighted by Crippen LogP contribution is -2.26. The highest BCUT2D eigenvalue weighted by Gasteiger charge is 2.11. The van der Waals surface area contributed by atoms with Crippen molar-refractivity contribution in [2.24, 2.45) is 0 Å². The average Bonchev–Trinajstić information content (AvgIpc) is 2.88. The maximum Gasteiger partial charge on any atom is 0.224 e. The monoisotopic (exact) mass is 285 g/mol. The number of nitrogens with one attached hydrogen (secondary N) is 1. The molecule has 0 aliphatic heterocycles. The van der Waals surface area contributed by atoms with E-state index < -0.39 is 0 Å². The third-order valence-corrected chi connectivity index (χ3v) is 5.21. The molecule has 0 saturated heterocycles. The van der Waals surface area contributed by atoms with Crippen LogP contribution in [-0.2, 0) is 17.6 Å². The molecular weight excluding hydrogens is 270 g/mol. The Labute approximate surface area is 114 Å². The molecule has 2 aromatic heterocycles. The van der Waals surface area contributed by atoms with Crippen molar-refractivity contribution in [2.45, 2.75) is 19.8 Å². The number of aryl methyl sites for hydroxylation is 1. The molecule has 0 saturated carbocycles. The molecule has 2 heterocycles. The molecule has 0 unspecified atom stereocenters. The van der Waals surface area contributed by atoms with Gasteiger partial charge in [0.1, 0.15) is 0 Å². The molecule has 1 N–H and O–H groups in total. The molecular formula is C12H15NOS3. The highest BCUT2D eigenvalue weighted by molar-refractivity contribution is 7.80. The number of rotatable bonds is 5. The first-order chi connectivity index (χ1) is 8.24. The van der Waals surface area contributed by atoms with Gasteiger partial charge in [-0.05, 0) is 23.4 Å². The van der Waals surface area contributed by atoms with Crippen molar-refractivity contribution in [3.05, 3.63) is 21.9 Å². The molecule has 2 aromatic rings. The van der Waals surface area contributed by atoms with Crippen LogP contribution in [0.1, 0.15) is 17.4 Å². The molecule has 17 heavy (non-hydrogen) atoms. The molecule has 0 aromatic carbocycles. The topological polar surface area (TPSA) is 29.1 Å². The highest BCUT2D eigenvalue weighted by Crippen LogP contribution is 2.34. The van der Waals surface area contributed by atoms with Gasteiger partial charge in [-0.3, -0.25) is 4.79 Å². The van der Waals surface area contributed by atoms with Crippen molar-refractivity contribution < 1.29 is 4.79 Å². The average molecular weight is 285 g/mol. The van der Waals surface area contributed by atoms with E-state index in [0.29, 0.717) is 18.7 Å². The van der Waals surface area contributed by atoms with Gasteiger partial charge in [-0.15, -0.1) is 22.7 Å². The Hall–Kier alpha value is -0.520. The van der Waals surface area contributed by atoms with Gasteiger partial charge in [-0.2, -0.15) is 12.6 Å². The number of carbonyl (C=O) groups excluding carboxylic acids is 1. The number of thiol groups is 1. The molecule has 92 valence electrons. The van der Waals surface area contributed by atoms with Crippen molar-refractivity contribution in [1.82, 2.24) is 5.32 Å². The van der Waals surface area contributed by atoms with E-state index in [1.807, 2.05) is 11.3 Å². The van der Waals surface area contributed by atoms with Crippen LogP contribution in [0.15, 0.2) is 11.4 Å². The van der Waals surface area contributed by atoms with E-state index in [9.17, 15) is 4.79 Å². The first-order valence-corrected chi connectivity index (χ1v) is 7.93. The van der Waals surface area contributed by atoms with Crippen LogP contribution < -0.4 is 5.32 Å². The van der Waals surface area contributed by atoms with Gasteiger partial charge in [0.15, 0.2) is 0 Å². The van der Waals surface area contributed by atoms with Gasteiger partial charge in [-0.1, -0.05) is 6.92 Å². The maximum atomic E-state index is 11.7. The van der Waals surface area contributed by atoms with E-state index in [2.05, 4.69) is 36.3 Å². The summed E-state index contributed by atoms with van der Waals surface area (Å²) in [6.45, 7) is 2.80. The molecule has 0 bridgehead atoms. The Balaban J connectivity index is 2.12. The van der Waals surface area contributed by atoms with Crippen LogP contribution in [0.25, 0.3) is 9.40 Å². The third-order valence-electron chi connectivity index (χ3n) is 2.54. The number of thiophene rings is 2. The third kappa shape index (κ3) is 3.03. The molecule has 0 fully saturated rings. The first-order valence-electron chi connectivity index (χ1n) is 5.61. The fourth-order valence-corrected chi connectivity index (χ4v) is 4.07. The fourth-order valence-electron chi connectivity index (χ4n) is 1.66. The SMILES string of the molecule is CCc1cc2c(CC(=O)NCCS)csc2s1. The minimum absolute atomic E-state index is 0.0861. The van der Waals surface area contributed by atoms with Crippen LogP contribution >= 0.6 is 35.3 Å². The van der Waals surface area contributed by atoms with Crippen LogP contribution in [0, 0.1) is 0 Å². The molecule has 0 atom stereocenters. The first kappa shape index (κ1) is 12.9. The minimum Gasteiger partial charge on any atom is -0.355 e. The number of fused-ring (bicyclic) bond motifs is 1. The molecule has 0 aliphatic carbocycles. The summed E-state index contributed by atoms with van der Waals surface area (Å²) in [5.74, 6) is 0.770. The van der Waals surface area contributed by atoms with Crippen molar-refractivity contribution in [2.75, 3.05) is 12.3 Å². The lowest BCUT2D eigenvalue weighted by molar-refractivity contribution is -0.120.